The van der Waals surface area contributed by atoms with Crippen molar-refractivity contribution in [2.45, 2.75) is 6.92 Å². The van der Waals surface area contributed by atoms with Gasteiger partial charge in [-0.15, -0.1) is 0 Å². The molecule has 2 heterocycles. The molecule has 0 amide bonds. The zero-order valence-corrected chi connectivity index (χ0v) is 13.7. The smallest absolute Gasteiger partial charge is 0.220 e. The van der Waals surface area contributed by atoms with Gasteiger partial charge in [-0.25, -0.2) is 4.98 Å². The second-order valence-corrected chi connectivity index (χ2v) is 6.05. The normalized spacial score (nSPS) is 15.5. The number of hydrogen-bond acceptors (Lipinski definition) is 4. The van der Waals surface area contributed by atoms with Gasteiger partial charge < -0.3 is 14.1 Å². The SMILES string of the molecule is Cc1ccc2oc(C=Cc3ccc(N4CCOCC4)cc3)nc2c1. The fourth-order valence-corrected chi connectivity index (χ4v) is 2.91. The van der Waals surface area contributed by atoms with Gasteiger partial charge in [0, 0.05) is 24.9 Å². The minimum absolute atomic E-state index is 0.632. The first kappa shape index (κ1) is 15.0. The van der Waals surface area contributed by atoms with Crippen molar-refractivity contribution in [3.8, 4) is 0 Å². The number of aryl methyl sites for hydroxylation is 1. The summed E-state index contributed by atoms with van der Waals surface area (Å²) < 4.78 is 11.1. The summed E-state index contributed by atoms with van der Waals surface area (Å²) in [6.07, 6.45) is 3.94. The molecule has 0 radical (unpaired) electrons. The van der Waals surface area contributed by atoms with E-state index >= 15 is 0 Å². The lowest BCUT2D eigenvalue weighted by molar-refractivity contribution is 0.122. The van der Waals surface area contributed by atoms with Gasteiger partial charge in [0.2, 0.25) is 5.89 Å². The van der Waals surface area contributed by atoms with Gasteiger partial charge in [-0.05, 0) is 48.4 Å². The van der Waals surface area contributed by atoms with E-state index < -0.39 is 0 Å². The maximum absolute atomic E-state index is 5.74. The number of benzene rings is 2. The molecule has 1 saturated heterocycles. The number of aromatic nitrogens is 1. The lowest BCUT2D eigenvalue weighted by atomic mass is 10.1. The van der Waals surface area contributed by atoms with Crippen LogP contribution in [0, 0.1) is 6.92 Å². The van der Waals surface area contributed by atoms with E-state index in [0.29, 0.717) is 5.89 Å². The lowest BCUT2D eigenvalue weighted by Gasteiger charge is -2.28. The molecule has 0 saturated carbocycles. The van der Waals surface area contributed by atoms with Crippen LogP contribution in [-0.2, 0) is 4.74 Å². The van der Waals surface area contributed by atoms with Gasteiger partial charge in [0.25, 0.3) is 0 Å². The second kappa shape index (κ2) is 6.49. The average molecular weight is 320 g/mol. The van der Waals surface area contributed by atoms with E-state index in [4.69, 9.17) is 9.15 Å². The van der Waals surface area contributed by atoms with Gasteiger partial charge in [-0.1, -0.05) is 18.2 Å². The molecular weight excluding hydrogens is 300 g/mol. The Bertz CT molecular complexity index is 859. The van der Waals surface area contributed by atoms with E-state index in [0.717, 1.165) is 43.0 Å². The van der Waals surface area contributed by atoms with E-state index in [1.165, 1.54) is 11.3 Å². The topological polar surface area (TPSA) is 38.5 Å². The number of fused-ring (bicyclic) bond motifs is 1. The highest BCUT2D eigenvalue weighted by molar-refractivity contribution is 5.76. The summed E-state index contributed by atoms with van der Waals surface area (Å²) in [7, 11) is 0. The van der Waals surface area contributed by atoms with E-state index in [1.807, 2.05) is 30.4 Å². The van der Waals surface area contributed by atoms with E-state index in [-0.39, 0.29) is 0 Å². The molecule has 122 valence electrons. The molecule has 1 aliphatic heterocycles. The summed E-state index contributed by atoms with van der Waals surface area (Å²) in [5, 5.41) is 0. The Morgan fingerprint density at radius 2 is 1.79 bits per heavy atom. The molecule has 0 aliphatic carbocycles. The van der Waals surface area contributed by atoms with Gasteiger partial charge >= 0.3 is 0 Å². The van der Waals surface area contributed by atoms with Gasteiger partial charge in [0.05, 0.1) is 13.2 Å². The summed E-state index contributed by atoms with van der Waals surface area (Å²) in [6.45, 7) is 5.58. The van der Waals surface area contributed by atoms with Crippen molar-refractivity contribution in [1.82, 2.24) is 4.98 Å². The van der Waals surface area contributed by atoms with Crippen molar-refractivity contribution in [2.24, 2.45) is 0 Å². The standard InChI is InChI=1S/C20H20N2O2/c1-15-2-8-19-18(14-15)21-20(24-19)9-5-16-3-6-17(7-4-16)22-10-12-23-13-11-22/h2-9,14H,10-13H2,1H3. The van der Waals surface area contributed by atoms with Crippen LogP contribution in [0.15, 0.2) is 46.9 Å². The summed E-state index contributed by atoms with van der Waals surface area (Å²) >= 11 is 0. The van der Waals surface area contributed by atoms with Crippen molar-refractivity contribution >= 4 is 28.9 Å². The molecule has 4 rings (SSSR count). The van der Waals surface area contributed by atoms with Crippen molar-refractivity contribution in [3.05, 3.63) is 59.5 Å². The monoisotopic (exact) mass is 320 g/mol. The van der Waals surface area contributed by atoms with Crippen LogP contribution < -0.4 is 4.90 Å². The predicted molar refractivity (Wildman–Crippen MR) is 97.1 cm³/mol. The van der Waals surface area contributed by atoms with Crippen molar-refractivity contribution in [3.63, 3.8) is 0 Å². The Morgan fingerprint density at radius 1 is 1.00 bits per heavy atom. The molecule has 0 atom stereocenters. The van der Waals surface area contributed by atoms with Gasteiger partial charge in [0.1, 0.15) is 5.52 Å². The fraction of sp³-hybridized carbons (Fsp3) is 0.250. The molecule has 4 nitrogen and oxygen atoms in total. The van der Waals surface area contributed by atoms with Gasteiger partial charge in [-0.3, -0.25) is 0 Å². The molecule has 4 heteroatoms. The Kier molecular flexibility index (Phi) is 4.05. The fourth-order valence-electron chi connectivity index (χ4n) is 2.91. The van der Waals surface area contributed by atoms with Crippen molar-refractivity contribution in [1.29, 1.82) is 0 Å². The van der Waals surface area contributed by atoms with Crippen LogP contribution in [0.4, 0.5) is 5.69 Å². The molecule has 0 N–H and O–H groups in total. The number of ether oxygens (including phenoxy) is 1. The van der Waals surface area contributed by atoms with Gasteiger partial charge in [-0.2, -0.15) is 0 Å². The molecule has 1 aliphatic rings. The van der Waals surface area contributed by atoms with Crippen LogP contribution in [-0.4, -0.2) is 31.3 Å². The second-order valence-electron chi connectivity index (χ2n) is 6.05. The lowest BCUT2D eigenvalue weighted by Crippen LogP contribution is -2.36. The summed E-state index contributed by atoms with van der Waals surface area (Å²) in [4.78, 5) is 6.85. The number of rotatable bonds is 3. The largest absolute Gasteiger partial charge is 0.437 e. The third-order valence-corrected chi connectivity index (χ3v) is 4.25. The number of hydrogen-bond donors (Lipinski definition) is 0. The van der Waals surface area contributed by atoms with Crippen LogP contribution in [0.1, 0.15) is 17.0 Å². The van der Waals surface area contributed by atoms with E-state index in [2.05, 4.69) is 41.1 Å². The minimum atomic E-state index is 0.632. The maximum atomic E-state index is 5.74. The number of anilines is 1. The summed E-state index contributed by atoms with van der Waals surface area (Å²) in [5.41, 5.74) is 5.28. The van der Waals surface area contributed by atoms with Crippen LogP contribution in [0.25, 0.3) is 23.3 Å². The number of morpholine rings is 1. The summed E-state index contributed by atoms with van der Waals surface area (Å²) in [6, 6.07) is 14.6. The third kappa shape index (κ3) is 3.19. The number of oxazole rings is 1. The molecule has 1 fully saturated rings. The minimum Gasteiger partial charge on any atom is -0.437 e. The van der Waals surface area contributed by atoms with Crippen LogP contribution in [0.2, 0.25) is 0 Å². The van der Waals surface area contributed by atoms with Crippen LogP contribution >= 0.6 is 0 Å². The van der Waals surface area contributed by atoms with Gasteiger partial charge in [0.15, 0.2) is 5.58 Å². The molecule has 2 aromatic carbocycles. The zero-order chi connectivity index (χ0) is 16.4. The highest BCUT2D eigenvalue weighted by Gasteiger charge is 2.10. The summed E-state index contributed by atoms with van der Waals surface area (Å²) in [5.74, 6) is 0.632. The maximum Gasteiger partial charge on any atom is 0.220 e. The predicted octanol–water partition coefficient (Wildman–Crippen LogP) is 4.14. The van der Waals surface area contributed by atoms with Crippen LogP contribution in [0.5, 0.6) is 0 Å². The third-order valence-electron chi connectivity index (χ3n) is 4.25. The highest BCUT2D eigenvalue weighted by atomic mass is 16.5. The Balaban J connectivity index is 1.50. The number of nitrogens with zero attached hydrogens (tertiary/aromatic N) is 2. The van der Waals surface area contributed by atoms with Crippen molar-refractivity contribution < 1.29 is 9.15 Å². The Hall–Kier alpha value is -2.59. The average Bonchev–Trinajstić information content (AvgIpc) is 3.03. The molecule has 24 heavy (non-hydrogen) atoms. The van der Waals surface area contributed by atoms with E-state index in [1.54, 1.807) is 0 Å². The first-order valence-corrected chi connectivity index (χ1v) is 8.26. The molecule has 0 spiro atoms. The molecule has 0 bridgehead atoms. The first-order chi connectivity index (χ1) is 11.8. The molecule has 3 aromatic rings. The van der Waals surface area contributed by atoms with E-state index in [9.17, 15) is 0 Å². The Morgan fingerprint density at radius 3 is 2.58 bits per heavy atom. The Labute approximate surface area is 141 Å². The molecular formula is C20H20N2O2. The quantitative estimate of drug-likeness (QED) is 0.727. The van der Waals surface area contributed by atoms with Crippen molar-refractivity contribution in [2.75, 3.05) is 31.2 Å². The highest BCUT2D eigenvalue weighted by Crippen LogP contribution is 2.20. The molecule has 0 unspecified atom stereocenters. The molecule has 1 aromatic heterocycles. The first-order valence-electron chi connectivity index (χ1n) is 8.26. The zero-order valence-electron chi connectivity index (χ0n) is 13.7. The van der Waals surface area contributed by atoms with Crippen LogP contribution in [0.3, 0.4) is 0 Å².